The number of anilines is 1. The summed E-state index contributed by atoms with van der Waals surface area (Å²) in [4.78, 5) is 12.6. The summed E-state index contributed by atoms with van der Waals surface area (Å²) in [5, 5.41) is 10.0. The number of carbonyl (C=O) groups is 1. The van der Waals surface area contributed by atoms with Gasteiger partial charge in [0, 0.05) is 0 Å². The lowest BCUT2D eigenvalue weighted by atomic mass is 9.87. The first-order valence-corrected chi connectivity index (χ1v) is 6.93. The van der Waals surface area contributed by atoms with Crippen molar-refractivity contribution >= 4 is 23.2 Å². The monoisotopic (exact) mass is 281 g/mol. The van der Waals surface area contributed by atoms with E-state index in [4.69, 9.17) is 11.6 Å². The highest BCUT2D eigenvalue weighted by Crippen LogP contribution is 2.27. The van der Waals surface area contributed by atoms with Gasteiger partial charge >= 0.3 is 0 Å². The van der Waals surface area contributed by atoms with Crippen LogP contribution in [0.15, 0.2) is 18.2 Å². The van der Waals surface area contributed by atoms with Crippen molar-refractivity contribution in [3.63, 3.8) is 0 Å². The van der Waals surface area contributed by atoms with Gasteiger partial charge in [0.2, 0.25) is 5.91 Å². The van der Waals surface area contributed by atoms with Crippen LogP contribution in [0.5, 0.6) is 0 Å². The van der Waals surface area contributed by atoms with Crippen LogP contribution in [0.25, 0.3) is 0 Å². The fourth-order valence-corrected chi connectivity index (χ4v) is 2.74. The van der Waals surface area contributed by atoms with Crippen molar-refractivity contribution in [3.8, 4) is 0 Å². The zero-order valence-corrected chi connectivity index (χ0v) is 12.1. The number of benzene rings is 1. The summed E-state index contributed by atoms with van der Waals surface area (Å²) < 4.78 is 0. The fraction of sp³-hybridized carbons (Fsp3) is 0.500. The molecule has 0 radical (unpaired) electrons. The lowest BCUT2D eigenvalue weighted by Gasteiger charge is -2.36. The van der Waals surface area contributed by atoms with Gasteiger partial charge in [-0.15, -0.1) is 0 Å². The molecule has 0 atom stereocenters. The Morgan fingerprint density at radius 1 is 1.37 bits per heavy atom. The predicted molar refractivity (Wildman–Crippen MR) is 78.7 cm³/mol. The molecule has 104 valence electrons. The topological polar surface area (TPSA) is 53.2 Å². The van der Waals surface area contributed by atoms with Crippen LogP contribution >= 0.6 is 11.6 Å². The molecule has 1 aliphatic heterocycles. The molecule has 1 aromatic carbocycles. The molecule has 0 aliphatic carbocycles. The number of rotatable bonds is 3. The molecule has 0 bridgehead atoms. The van der Waals surface area contributed by atoms with Crippen LogP contribution in [0, 0.1) is 6.92 Å². The molecule has 1 aromatic rings. The van der Waals surface area contributed by atoms with Gasteiger partial charge in [-0.2, -0.15) is 0 Å². The Morgan fingerprint density at radius 3 is 2.63 bits per heavy atom. The van der Waals surface area contributed by atoms with Gasteiger partial charge in [0.15, 0.2) is 0 Å². The minimum Gasteiger partial charge on any atom is -0.323 e. The molecule has 19 heavy (non-hydrogen) atoms. The summed E-state index contributed by atoms with van der Waals surface area (Å²) in [6.45, 7) is 3.63. The van der Waals surface area contributed by atoms with Gasteiger partial charge in [-0.25, -0.2) is 0 Å². The number of likely N-dealkylation sites (N-methyl/N-ethyl adjacent to an activating group) is 1. The van der Waals surface area contributed by atoms with E-state index in [0.717, 1.165) is 31.5 Å². The Kier molecular flexibility index (Phi) is 4.45. The molecule has 0 unspecified atom stereocenters. The van der Waals surface area contributed by atoms with E-state index < -0.39 is 5.54 Å². The van der Waals surface area contributed by atoms with Crippen LogP contribution in [-0.2, 0) is 4.79 Å². The molecule has 2 rings (SSSR count). The maximum absolute atomic E-state index is 12.6. The quantitative estimate of drug-likeness (QED) is 0.794. The molecular weight excluding hydrogens is 262 g/mol. The van der Waals surface area contributed by atoms with Crippen LogP contribution < -0.4 is 16.0 Å². The zero-order chi connectivity index (χ0) is 13.9. The first kappa shape index (κ1) is 14.3. The van der Waals surface area contributed by atoms with Gasteiger partial charge in [-0.3, -0.25) is 4.79 Å². The summed E-state index contributed by atoms with van der Waals surface area (Å²) in [7, 11) is 1.84. The van der Waals surface area contributed by atoms with Crippen molar-refractivity contribution in [1.82, 2.24) is 10.6 Å². The third-order valence-corrected chi connectivity index (χ3v) is 4.15. The normalized spacial score (nSPS) is 18.1. The lowest BCUT2D eigenvalue weighted by Crippen LogP contribution is -2.58. The summed E-state index contributed by atoms with van der Waals surface area (Å²) >= 11 is 6.15. The summed E-state index contributed by atoms with van der Waals surface area (Å²) in [6, 6.07) is 5.61. The van der Waals surface area contributed by atoms with Crippen molar-refractivity contribution in [2.75, 3.05) is 25.5 Å². The number of halogens is 1. The molecule has 3 N–H and O–H groups in total. The number of piperidine rings is 1. The number of para-hydroxylation sites is 1. The van der Waals surface area contributed by atoms with E-state index in [0.29, 0.717) is 10.7 Å². The van der Waals surface area contributed by atoms with Gasteiger partial charge in [-0.05, 0) is 51.5 Å². The third-order valence-electron chi connectivity index (χ3n) is 3.83. The van der Waals surface area contributed by atoms with Gasteiger partial charge in [0.1, 0.15) is 5.54 Å². The number of hydrogen-bond acceptors (Lipinski definition) is 3. The molecule has 0 spiro atoms. The van der Waals surface area contributed by atoms with Crippen LogP contribution in [0.3, 0.4) is 0 Å². The third kappa shape index (κ3) is 2.91. The van der Waals surface area contributed by atoms with Crippen molar-refractivity contribution in [2.24, 2.45) is 0 Å². The maximum atomic E-state index is 12.6. The van der Waals surface area contributed by atoms with E-state index in [9.17, 15) is 4.79 Å². The zero-order valence-electron chi connectivity index (χ0n) is 11.3. The highest BCUT2D eigenvalue weighted by Gasteiger charge is 2.38. The fourth-order valence-electron chi connectivity index (χ4n) is 2.47. The summed E-state index contributed by atoms with van der Waals surface area (Å²) in [5.74, 6) is -0.00676. The number of hydrogen-bond donors (Lipinski definition) is 3. The van der Waals surface area contributed by atoms with Crippen LogP contribution in [0.1, 0.15) is 18.4 Å². The Labute approximate surface area is 118 Å². The predicted octanol–water partition coefficient (Wildman–Crippen LogP) is 1.93. The second kappa shape index (κ2) is 5.90. The SMILES string of the molecule is CNC1(C(=O)Nc2c(C)cccc2Cl)CCNCC1. The molecular formula is C14H20ClN3O. The molecule has 1 aliphatic rings. The van der Waals surface area contributed by atoms with Crippen LogP contribution in [0.4, 0.5) is 5.69 Å². The van der Waals surface area contributed by atoms with Gasteiger partial charge < -0.3 is 16.0 Å². The number of carbonyl (C=O) groups excluding carboxylic acids is 1. The maximum Gasteiger partial charge on any atom is 0.244 e. The second-order valence-electron chi connectivity index (χ2n) is 4.97. The van der Waals surface area contributed by atoms with Gasteiger partial charge in [0.25, 0.3) is 0 Å². The summed E-state index contributed by atoms with van der Waals surface area (Å²) in [6.07, 6.45) is 1.55. The molecule has 1 amide bonds. The van der Waals surface area contributed by atoms with E-state index in [1.54, 1.807) is 6.07 Å². The minimum atomic E-state index is -0.503. The molecule has 4 nitrogen and oxygen atoms in total. The molecule has 0 saturated carbocycles. The lowest BCUT2D eigenvalue weighted by molar-refractivity contribution is -0.123. The van der Waals surface area contributed by atoms with E-state index >= 15 is 0 Å². The number of amides is 1. The summed E-state index contributed by atoms with van der Waals surface area (Å²) in [5.41, 5.74) is 1.18. The van der Waals surface area contributed by atoms with Gasteiger partial charge in [0.05, 0.1) is 10.7 Å². The molecule has 1 heterocycles. The first-order valence-electron chi connectivity index (χ1n) is 6.55. The first-order chi connectivity index (χ1) is 9.09. The molecule has 5 heteroatoms. The van der Waals surface area contributed by atoms with Crippen molar-refractivity contribution in [1.29, 1.82) is 0 Å². The Balaban J connectivity index is 2.20. The Hall–Kier alpha value is -1.10. The molecule has 0 aromatic heterocycles. The van der Waals surface area contributed by atoms with Crippen molar-refractivity contribution in [2.45, 2.75) is 25.3 Å². The van der Waals surface area contributed by atoms with Crippen molar-refractivity contribution < 1.29 is 4.79 Å². The average Bonchev–Trinajstić information content (AvgIpc) is 2.43. The molecule has 1 saturated heterocycles. The Morgan fingerprint density at radius 2 is 2.05 bits per heavy atom. The number of nitrogens with one attached hydrogen (secondary N) is 3. The highest BCUT2D eigenvalue weighted by atomic mass is 35.5. The highest BCUT2D eigenvalue weighted by molar-refractivity contribution is 6.34. The Bertz CT molecular complexity index is 450. The van der Waals surface area contributed by atoms with Crippen LogP contribution in [-0.4, -0.2) is 31.6 Å². The second-order valence-corrected chi connectivity index (χ2v) is 5.38. The van der Waals surface area contributed by atoms with E-state index in [1.165, 1.54) is 0 Å². The van der Waals surface area contributed by atoms with E-state index in [2.05, 4.69) is 16.0 Å². The smallest absolute Gasteiger partial charge is 0.244 e. The van der Waals surface area contributed by atoms with E-state index in [-0.39, 0.29) is 5.91 Å². The standard InChI is InChI=1S/C14H20ClN3O/c1-10-4-3-5-11(15)12(10)18-13(19)14(16-2)6-8-17-9-7-14/h3-5,16-17H,6-9H2,1-2H3,(H,18,19). The van der Waals surface area contributed by atoms with E-state index in [1.807, 2.05) is 26.1 Å². The largest absolute Gasteiger partial charge is 0.323 e. The van der Waals surface area contributed by atoms with Crippen molar-refractivity contribution in [3.05, 3.63) is 28.8 Å². The average molecular weight is 282 g/mol. The number of aryl methyl sites for hydroxylation is 1. The molecule has 1 fully saturated rings. The van der Waals surface area contributed by atoms with Gasteiger partial charge in [-0.1, -0.05) is 23.7 Å². The van der Waals surface area contributed by atoms with Crippen LogP contribution in [0.2, 0.25) is 5.02 Å². The minimum absolute atomic E-state index is 0.00676.